The molecule has 3 N–H and O–H groups in total. The summed E-state index contributed by atoms with van der Waals surface area (Å²) in [6, 6.07) is 8.45. The molecule has 1 spiro atoms. The largest absolute Gasteiger partial charge is 0.370 e. The average molecular weight is 677 g/mol. The molecule has 6 amide bonds. The van der Waals surface area contributed by atoms with Gasteiger partial charge in [-0.3, -0.25) is 39.0 Å². The topological polar surface area (TPSA) is 152 Å². The van der Waals surface area contributed by atoms with E-state index in [-0.39, 0.29) is 41.2 Å². The van der Waals surface area contributed by atoms with Gasteiger partial charge in [-0.1, -0.05) is 0 Å². The summed E-state index contributed by atoms with van der Waals surface area (Å²) in [4.78, 5) is 85.8. The smallest absolute Gasteiger partial charge is 0.262 e. The molecule has 1 aliphatic carbocycles. The number of allylic oxidation sites excluding steroid dienone is 1. The summed E-state index contributed by atoms with van der Waals surface area (Å²) in [5.74, 6) is -2.80. The monoisotopic (exact) mass is 676 g/mol. The molecule has 5 aliphatic heterocycles. The van der Waals surface area contributed by atoms with Crippen LogP contribution >= 0.6 is 0 Å². The number of aryl methyl sites for hydroxylation is 1. The number of H-pyrrole nitrogens is 1. The number of nitrogens with one attached hydrogen (secondary N) is 3. The number of carbonyl (C=O) groups excluding carboxylic acids is 6. The Morgan fingerprint density at radius 3 is 2.40 bits per heavy atom. The molecule has 0 bridgehead atoms. The number of likely N-dealkylation sites (tertiary alicyclic amines) is 1. The maximum absolute atomic E-state index is 14.1. The van der Waals surface area contributed by atoms with Gasteiger partial charge in [-0.2, -0.15) is 0 Å². The summed E-state index contributed by atoms with van der Waals surface area (Å²) >= 11 is 0. The number of imide groups is 2. The molecule has 0 radical (unpaired) electrons. The fraction of sp³-hybridized carbons (Fsp3) is 0.351. The Kier molecular flexibility index (Phi) is 6.52. The third kappa shape index (κ3) is 4.41. The fourth-order valence-electron chi connectivity index (χ4n) is 8.80. The van der Waals surface area contributed by atoms with Gasteiger partial charge in [-0.25, -0.2) is 4.39 Å². The maximum Gasteiger partial charge on any atom is 0.262 e. The predicted molar refractivity (Wildman–Crippen MR) is 179 cm³/mol. The van der Waals surface area contributed by atoms with Gasteiger partial charge < -0.3 is 20.1 Å². The molecule has 0 saturated carbocycles. The van der Waals surface area contributed by atoms with Gasteiger partial charge >= 0.3 is 0 Å². The van der Waals surface area contributed by atoms with E-state index in [4.69, 9.17) is 0 Å². The standard InChI is InChI=1S/C37H33FN6O6/c1-18-29(22-5-6-23(31(22)39-18)30-25-14-19(38)2-7-26(25)40-33(30)47)36(50)42-12-10-37(11-13-42)16-43(17-37)20-3-4-21-24(15-20)35(49)44(34(21)48)27-8-9-28(45)41-32(27)46/h2-4,7,14-15,27,39H,5-6,8-13,16-17H2,1H3,(H,40,47)(H,41,45,46)/b30-23-. The van der Waals surface area contributed by atoms with E-state index >= 15 is 0 Å². The first-order valence-electron chi connectivity index (χ1n) is 17.0. The summed E-state index contributed by atoms with van der Waals surface area (Å²) in [7, 11) is 0. The van der Waals surface area contributed by atoms with Crippen molar-refractivity contribution in [1.82, 2.24) is 20.1 Å². The molecule has 3 fully saturated rings. The lowest BCUT2D eigenvalue weighted by Gasteiger charge is -2.55. The number of anilines is 2. The first-order valence-corrected chi connectivity index (χ1v) is 17.0. The Hall–Kier alpha value is -5.59. The molecule has 6 aliphatic rings. The summed E-state index contributed by atoms with van der Waals surface area (Å²) in [6.07, 6.45) is 3.02. The van der Waals surface area contributed by atoms with Crippen LogP contribution in [0.5, 0.6) is 0 Å². The summed E-state index contributed by atoms with van der Waals surface area (Å²) in [5, 5.41) is 5.05. The molecule has 1 aromatic heterocycles. The van der Waals surface area contributed by atoms with E-state index < -0.39 is 35.5 Å². The van der Waals surface area contributed by atoms with Gasteiger partial charge in [0.25, 0.3) is 23.6 Å². The molecule has 1 unspecified atom stereocenters. The molecule has 1 atom stereocenters. The third-order valence-corrected chi connectivity index (χ3v) is 11.4. The van der Waals surface area contributed by atoms with Crippen molar-refractivity contribution in [3.05, 3.63) is 81.4 Å². The Labute approximate surface area is 285 Å². The normalized spacial score (nSPS) is 23.6. The number of rotatable bonds is 3. The zero-order chi connectivity index (χ0) is 34.6. The van der Waals surface area contributed by atoms with Crippen molar-refractivity contribution < 1.29 is 33.2 Å². The Morgan fingerprint density at radius 1 is 0.880 bits per heavy atom. The number of aromatic nitrogens is 1. The Bertz CT molecular complexity index is 2150. The zero-order valence-corrected chi connectivity index (χ0v) is 27.3. The van der Waals surface area contributed by atoms with Gasteiger partial charge in [0.15, 0.2) is 0 Å². The van der Waals surface area contributed by atoms with E-state index in [2.05, 4.69) is 20.5 Å². The van der Waals surface area contributed by atoms with E-state index in [1.54, 1.807) is 18.2 Å². The highest BCUT2D eigenvalue weighted by Crippen LogP contribution is 2.46. The minimum absolute atomic E-state index is 0.0260. The number of amides is 6. The zero-order valence-electron chi connectivity index (χ0n) is 27.3. The summed E-state index contributed by atoms with van der Waals surface area (Å²) in [6.45, 7) is 4.60. The van der Waals surface area contributed by atoms with Crippen LogP contribution in [0.25, 0.3) is 11.1 Å². The van der Waals surface area contributed by atoms with Crippen LogP contribution in [0, 0.1) is 18.2 Å². The highest BCUT2D eigenvalue weighted by molar-refractivity contribution is 6.37. The molecule has 9 rings (SSSR count). The van der Waals surface area contributed by atoms with Gasteiger partial charge in [0.2, 0.25) is 11.8 Å². The van der Waals surface area contributed by atoms with E-state index in [0.29, 0.717) is 48.3 Å². The van der Waals surface area contributed by atoms with Crippen molar-refractivity contribution in [3.63, 3.8) is 0 Å². The van der Waals surface area contributed by atoms with Crippen molar-refractivity contribution in [2.24, 2.45) is 5.41 Å². The Morgan fingerprint density at radius 2 is 1.64 bits per heavy atom. The van der Waals surface area contributed by atoms with Crippen molar-refractivity contribution in [1.29, 1.82) is 0 Å². The molecule has 254 valence electrons. The molecule has 3 saturated heterocycles. The van der Waals surface area contributed by atoms with Gasteiger partial charge in [0, 0.05) is 66.3 Å². The molecule has 50 heavy (non-hydrogen) atoms. The van der Waals surface area contributed by atoms with Crippen molar-refractivity contribution in [2.45, 2.75) is 51.5 Å². The molecular weight excluding hydrogens is 643 g/mol. The van der Waals surface area contributed by atoms with Gasteiger partial charge in [0.05, 0.1) is 22.3 Å². The quantitative estimate of drug-likeness (QED) is 0.284. The molecule has 12 nitrogen and oxygen atoms in total. The lowest BCUT2D eigenvalue weighted by atomic mass is 9.71. The van der Waals surface area contributed by atoms with E-state index in [1.807, 2.05) is 17.9 Å². The number of piperidine rings is 2. The summed E-state index contributed by atoms with van der Waals surface area (Å²) in [5.41, 5.74) is 6.86. The Balaban J connectivity index is 0.873. The second kappa shape index (κ2) is 10.7. The van der Waals surface area contributed by atoms with E-state index in [0.717, 1.165) is 59.0 Å². The number of carbonyl (C=O) groups is 6. The highest BCUT2D eigenvalue weighted by atomic mass is 19.1. The number of nitrogens with zero attached hydrogens (tertiary/aromatic N) is 3. The van der Waals surface area contributed by atoms with Crippen molar-refractivity contribution >= 4 is 58.0 Å². The molecule has 13 heteroatoms. The minimum Gasteiger partial charge on any atom is -0.370 e. The van der Waals surface area contributed by atoms with Crippen LogP contribution in [0.15, 0.2) is 36.4 Å². The SMILES string of the molecule is Cc1[nH]c2c(c1C(=O)N1CCC3(CC1)CN(c1ccc4c(c1)C(=O)N(C1CCC(=O)NC1=O)C4=O)C3)CC/C2=C1/C(=O)Nc2ccc(F)cc21. The van der Waals surface area contributed by atoms with Crippen molar-refractivity contribution in [3.8, 4) is 0 Å². The summed E-state index contributed by atoms with van der Waals surface area (Å²) < 4.78 is 14.1. The lowest BCUT2D eigenvalue weighted by molar-refractivity contribution is -0.136. The molecule has 3 aromatic rings. The minimum atomic E-state index is -1.00. The molecular formula is C37H33FN6O6. The van der Waals surface area contributed by atoms with Gasteiger partial charge in [0.1, 0.15) is 11.9 Å². The number of hydrogen-bond acceptors (Lipinski definition) is 7. The van der Waals surface area contributed by atoms with Crippen LogP contribution in [0.2, 0.25) is 0 Å². The fourth-order valence-corrected chi connectivity index (χ4v) is 8.80. The number of halogens is 1. The number of aromatic amines is 1. The van der Waals surface area contributed by atoms with Crippen LogP contribution < -0.4 is 15.5 Å². The van der Waals surface area contributed by atoms with Crippen LogP contribution in [-0.4, -0.2) is 82.4 Å². The van der Waals surface area contributed by atoms with E-state index in [9.17, 15) is 33.2 Å². The third-order valence-electron chi connectivity index (χ3n) is 11.4. The van der Waals surface area contributed by atoms with Gasteiger partial charge in [-0.15, -0.1) is 0 Å². The first-order chi connectivity index (χ1) is 24.0. The van der Waals surface area contributed by atoms with Crippen LogP contribution in [0.4, 0.5) is 15.8 Å². The second-order valence-corrected chi connectivity index (χ2v) is 14.3. The average Bonchev–Trinajstić information content (AvgIpc) is 3.78. The van der Waals surface area contributed by atoms with E-state index in [1.165, 1.54) is 12.1 Å². The first kappa shape index (κ1) is 30.5. The second-order valence-electron chi connectivity index (χ2n) is 14.3. The van der Waals surface area contributed by atoms with Gasteiger partial charge in [-0.05, 0) is 86.6 Å². The molecule has 6 heterocycles. The van der Waals surface area contributed by atoms with Crippen LogP contribution in [-0.2, 0) is 20.8 Å². The predicted octanol–water partition coefficient (Wildman–Crippen LogP) is 3.42. The number of hydrogen-bond donors (Lipinski definition) is 3. The van der Waals surface area contributed by atoms with Crippen LogP contribution in [0.3, 0.4) is 0 Å². The van der Waals surface area contributed by atoms with Crippen molar-refractivity contribution in [2.75, 3.05) is 36.4 Å². The maximum atomic E-state index is 14.1. The highest BCUT2D eigenvalue weighted by Gasteiger charge is 2.48. The number of benzene rings is 2. The van der Waals surface area contributed by atoms with Crippen LogP contribution in [0.1, 0.15) is 85.7 Å². The number of fused-ring (bicyclic) bond motifs is 3. The molecule has 2 aromatic carbocycles. The lowest BCUT2D eigenvalue weighted by Crippen LogP contribution is -2.61.